The normalized spacial score (nSPS) is 13.3. The van der Waals surface area contributed by atoms with E-state index in [1.807, 2.05) is 25.1 Å². The van der Waals surface area contributed by atoms with E-state index in [2.05, 4.69) is 29.6 Å². The maximum absolute atomic E-state index is 11.9. The Morgan fingerprint density at radius 1 is 1.16 bits per heavy atom. The van der Waals surface area contributed by atoms with Crippen LogP contribution in [-0.2, 0) is 4.79 Å². The molecule has 2 aromatic carbocycles. The number of nitrogens with two attached hydrogens (primary N) is 1. The van der Waals surface area contributed by atoms with Gasteiger partial charge in [-0.05, 0) is 43.2 Å². The van der Waals surface area contributed by atoms with E-state index >= 15 is 0 Å². The smallest absolute Gasteiger partial charge is 0.239 e. The van der Waals surface area contributed by atoms with E-state index in [0.717, 1.165) is 5.56 Å². The molecule has 100 valence electrons. The molecule has 2 rings (SSSR count). The van der Waals surface area contributed by atoms with Crippen molar-refractivity contribution in [2.45, 2.75) is 32.4 Å². The average molecular weight is 256 g/mol. The Balaban J connectivity index is 2.22. The van der Waals surface area contributed by atoms with Gasteiger partial charge >= 0.3 is 0 Å². The van der Waals surface area contributed by atoms with Crippen molar-refractivity contribution >= 4 is 16.7 Å². The topological polar surface area (TPSA) is 55.1 Å². The summed E-state index contributed by atoms with van der Waals surface area (Å²) in [6.45, 7) is 5.37. The zero-order chi connectivity index (χ0) is 14.0. The van der Waals surface area contributed by atoms with Crippen LogP contribution < -0.4 is 11.1 Å². The van der Waals surface area contributed by atoms with Crippen molar-refractivity contribution in [2.24, 2.45) is 5.73 Å². The second-order valence-electron chi connectivity index (χ2n) is 5.52. The number of amides is 1. The van der Waals surface area contributed by atoms with Crippen molar-refractivity contribution in [3.8, 4) is 0 Å². The molecule has 0 aliphatic heterocycles. The predicted octanol–water partition coefficient (Wildman–Crippen LogP) is 2.75. The minimum absolute atomic E-state index is 0.0556. The third-order valence-electron chi connectivity index (χ3n) is 3.21. The highest BCUT2D eigenvalue weighted by Gasteiger charge is 2.23. The summed E-state index contributed by atoms with van der Waals surface area (Å²) in [5, 5.41) is 5.31. The molecule has 1 atom stereocenters. The van der Waals surface area contributed by atoms with E-state index in [1.54, 1.807) is 13.8 Å². The van der Waals surface area contributed by atoms with Gasteiger partial charge in [-0.25, -0.2) is 0 Å². The summed E-state index contributed by atoms with van der Waals surface area (Å²) in [4.78, 5) is 11.9. The van der Waals surface area contributed by atoms with E-state index in [0.29, 0.717) is 0 Å². The van der Waals surface area contributed by atoms with Crippen LogP contribution in [0.5, 0.6) is 0 Å². The van der Waals surface area contributed by atoms with Crippen LogP contribution in [0.1, 0.15) is 32.4 Å². The minimum Gasteiger partial charge on any atom is -0.348 e. The molecule has 3 nitrogen and oxygen atoms in total. The van der Waals surface area contributed by atoms with Gasteiger partial charge in [0.15, 0.2) is 0 Å². The van der Waals surface area contributed by atoms with Gasteiger partial charge < -0.3 is 11.1 Å². The SMILES string of the molecule is CC(NC(=O)C(C)(C)N)c1ccc2ccccc2c1. The van der Waals surface area contributed by atoms with E-state index in [4.69, 9.17) is 5.73 Å². The third-order valence-corrected chi connectivity index (χ3v) is 3.21. The van der Waals surface area contributed by atoms with Crippen LogP contribution in [0.4, 0.5) is 0 Å². The fourth-order valence-electron chi connectivity index (χ4n) is 1.94. The zero-order valence-electron chi connectivity index (χ0n) is 11.6. The lowest BCUT2D eigenvalue weighted by molar-refractivity contribution is -0.125. The van der Waals surface area contributed by atoms with Gasteiger partial charge in [0.05, 0.1) is 11.6 Å². The number of rotatable bonds is 3. The van der Waals surface area contributed by atoms with Gasteiger partial charge in [-0.1, -0.05) is 36.4 Å². The summed E-state index contributed by atoms with van der Waals surface area (Å²) < 4.78 is 0. The van der Waals surface area contributed by atoms with Crippen LogP contribution in [0.3, 0.4) is 0 Å². The van der Waals surface area contributed by atoms with Gasteiger partial charge in [-0.3, -0.25) is 4.79 Å². The van der Waals surface area contributed by atoms with Crippen LogP contribution in [0.25, 0.3) is 10.8 Å². The van der Waals surface area contributed by atoms with E-state index in [9.17, 15) is 4.79 Å². The Hall–Kier alpha value is -1.87. The molecular weight excluding hydrogens is 236 g/mol. The summed E-state index contributed by atoms with van der Waals surface area (Å²) in [6, 6.07) is 14.3. The van der Waals surface area contributed by atoms with Crippen LogP contribution in [0.15, 0.2) is 42.5 Å². The quantitative estimate of drug-likeness (QED) is 0.887. The summed E-state index contributed by atoms with van der Waals surface area (Å²) in [5.74, 6) is -0.145. The fourth-order valence-corrected chi connectivity index (χ4v) is 1.94. The zero-order valence-corrected chi connectivity index (χ0v) is 11.6. The number of carbonyl (C=O) groups is 1. The highest BCUT2D eigenvalue weighted by atomic mass is 16.2. The van der Waals surface area contributed by atoms with Crippen LogP contribution >= 0.6 is 0 Å². The van der Waals surface area contributed by atoms with Gasteiger partial charge in [0.2, 0.25) is 5.91 Å². The Labute approximate surface area is 113 Å². The van der Waals surface area contributed by atoms with Crippen molar-refractivity contribution in [3.63, 3.8) is 0 Å². The molecule has 1 amide bonds. The maximum Gasteiger partial charge on any atom is 0.239 e. The molecule has 0 aliphatic carbocycles. The molecule has 19 heavy (non-hydrogen) atoms. The largest absolute Gasteiger partial charge is 0.348 e. The lowest BCUT2D eigenvalue weighted by atomic mass is 10.0. The molecule has 0 fully saturated rings. The van der Waals surface area contributed by atoms with Gasteiger partial charge in [-0.2, -0.15) is 0 Å². The lowest BCUT2D eigenvalue weighted by Crippen LogP contribution is -2.49. The van der Waals surface area contributed by atoms with Crippen molar-refractivity contribution < 1.29 is 4.79 Å². The molecule has 0 aliphatic rings. The van der Waals surface area contributed by atoms with Crippen molar-refractivity contribution in [1.82, 2.24) is 5.32 Å². The molecule has 0 bridgehead atoms. The van der Waals surface area contributed by atoms with Gasteiger partial charge in [0.1, 0.15) is 0 Å². The first-order valence-electron chi connectivity index (χ1n) is 6.46. The molecule has 0 spiro atoms. The lowest BCUT2D eigenvalue weighted by Gasteiger charge is -2.22. The average Bonchev–Trinajstić information content (AvgIpc) is 2.37. The monoisotopic (exact) mass is 256 g/mol. The number of benzene rings is 2. The summed E-state index contributed by atoms with van der Waals surface area (Å²) in [5.41, 5.74) is 6.01. The number of hydrogen-bond acceptors (Lipinski definition) is 2. The molecule has 0 radical (unpaired) electrons. The highest BCUT2D eigenvalue weighted by Crippen LogP contribution is 2.20. The Bertz CT molecular complexity index is 599. The summed E-state index contributed by atoms with van der Waals surface area (Å²) in [6.07, 6.45) is 0. The molecule has 0 saturated heterocycles. The minimum atomic E-state index is -0.856. The summed E-state index contributed by atoms with van der Waals surface area (Å²) in [7, 11) is 0. The Kier molecular flexibility index (Phi) is 3.58. The Morgan fingerprint density at radius 3 is 2.42 bits per heavy atom. The third kappa shape index (κ3) is 3.12. The van der Waals surface area contributed by atoms with E-state index in [-0.39, 0.29) is 11.9 Å². The van der Waals surface area contributed by atoms with Crippen LogP contribution in [0.2, 0.25) is 0 Å². The molecule has 3 N–H and O–H groups in total. The highest BCUT2D eigenvalue weighted by molar-refractivity contribution is 5.86. The van der Waals surface area contributed by atoms with Gasteiger partial charge in [0, 0.05) is 0 Å². The summed E-state index contributed by atoms with van der Waals surface area (Å²) >= 11 is 0. The predicted molar refractivity (Wildman–Crippen MR) is 78.8 cm³/mol. The molecule has 0 saturated carbocycles. The number of nitrogens with one attached hydrogen (secondary N) is 1. The van der Waals surface area contributed by atoms with Crippen LogP contribution in [-0.4, -0.2) is 11.4 Å². The maximum atomic E-state index is 11.9. The van der Waals surface area contributed by atoms with Crippen LogP contribution in [0, 0.1) is 0 Å². The Morgan fingerprint density at radius 2 is 1.79 bits per heavy atom. The second kappa shape index (κ2) is 5.02. The molecular formula is C16H20N2O. The molecule has 1 unspecified atom stereocenters. The molecule has 3 heteroatoms. The van der Waals surface area contributed by atoms with Crippen molar-refractivity contribution in [1.29, 1.82) is 0 Å². The van der Waals surface area contributed by atoms with Gasteiger partial charge in [0.25, 0.3) is 0 Å². The van der Waals surface area contributed by atoms with Crippen molar-refractivity contribution in [2.75, 3.05) is 0 Å². The van der Waals surface area contributed by atoms with Crippen molar-refractivity contribution in [3.05, 3.63) is 48.0 Å². The molecule has 0 heterocycles. The molecule has 2 aromatic rings. The van der Waals surface area contributed by atoms with E-state index in [1.165, 1.54) is 10.8 Å². The fraction of sp³-hybridized carbons (Fsp3) is 0.312. The first-order chi connectivity index (χ1) is 8.88. The van der Waals surface area contributed by atoms with E-state index < -0.39 is 5.54 Å². The first kappa shape index (κ1) is 13.6. The first-order valence-corrected chi connectivity index (χ1v) is 6.46. The second-order valence-corrected chi connectivity index (χ2v) is 5.52. The number of fused-ring (bicyclic) bond motifs is 1. The van der Waals surface area contributed by atoms with Gasteiger partial charge in [-0.15, -0.1) is 0 Å². The number of hydrogen-bond donors (Lipinski definition) is 2. The number of carbonyl (C=O) groups excluding carboxylic acids is 1. The molecule has 0 aromatic heterocycles. The standard InChI is InChI=1S/C16H20N2O/c1-11(18-15(19)16(2,3)17)13-9-8-12-6-4-5-7-14(12)10-13/h4-11H,17H2,1-3H3,(H,18,19).